The van der Waals surface area contributed by atoms with E-state index < -0.39 is 10.0 Å². The van der Waals surface area contributed by atoms with Gasteiger partial charge in [-0.25, -0.2) is 13.1 Å². The number of aryl methyl sites for hydroxylation is 1. The molecule has 2 aromatic rings. The molecule has 1 saturated heterocycles. The first-order valence-electron chi connectivity index (χ1n) is 6.56. The minimum absolute atomic E-state index is 0.0854. The Morgan fingerprint density at radius 2 is 1.95 bits per heavy atom. The van der Waals surface area contributed by atoms with E-state index >= 15 is 0 Å². The van der Waals surface area contributed by atoms with Crippen molar-refractivity contribution in [1.29, 1.82) is 0 Å². The van der Waals surface area contributed by atoms with Crippen LogP contribution in [0.25, 0.3) is 0 Å². The van der Waals surface area contributed by atoms with Crippen LogP contribution in [-0.2, 0) is 16.4 Å². The van der Waals surface area contributed by atoms with Crippen molar-refractivity contribution in [2.45, 2.75) is 24.3 Å². The Morgan fingerprint density at radius 3 is 2.50 bits per heavy atom. The highest BCUT2D eigenvalue weighted by molar-refractivity contribution is 7.89. The Balaban J connectivity index is 1.73. The van der Waals surface area contributed by atoms with E-state index in [0.29, 0.717) is 18.0 Å². The molecule has 0 N–H and O–H groups in total. The maximum atomic E-state index is 12.4. The summed E-state index contributed by atoms with van der Waals surface area (Å²) in [5.41, 5.74) is 1.13. The molecule has 0 saturated carbocycles. The second kappa shape index (κ2) is 4.99. The Kier molecular flexibility index (Phi) is 3.31. The fraction of sp³-hybridized carbons (Fsp3) is 0.385. The maximum Gasteiger partial charge on any atom is 0.243 e. The molecular weight excluding hydrogens is 276 g/mol. The Hall–Kier alpha value is -1.73. The molecule has 1 fully saturated rings. The predicted octanol–water partition coefficient (Wildman–Crippen LogP) is 1.09. The molecule has 3 rings (SSSR count). The van der Waals surface area contributed by atoms with E-state index in [4.69, 9.17) is 0 Å². The summed E-state index contributed by atoms with van der Waals surface area (Å²) in [7, 11) is -3.38. The fourth-order valence-corrected chi connectivity index (χ4v) is 3.75. The molecule has 106 valence electrons. The van der Waals surface area contributed by atoms with Gasteiger partial charge in [-0.3, -0.25) is 0 Å². The van der Waals surface area contributed by atoms with E-state index in [1.165, 1.54) is 4.31 Å². The molecule has 0 amide bonds. The zero-order valence-electron chi connectivity index (χ0n) is 11.2. The van der Waals surface area contributed by atoms with Gasteiger partial charge < -0.3 is 0 Å². The summed E-state index contributed by atoms with van der Waals surface area (Å²) in [6, 6.07) is 7.17. The third-order valence-corrected chi connectivity index (χ3v) is 5.46. The number of hydrogen-bond donors (Lipinski definition) is 0. The Morgan fingerprint density at radius 1 is 1.25 bits per heavy atom. The molecule has 20 heavy (non-hydrogen) atoms. The summed E-state index contributed by atoms with van der Waals surface area (Å²) in [4.78, 5) is 0.353. The van der Waals surface area contributed by atoms with Crippen LogP contribution in [0.2, 0.25) is 0 Å². The number of nitrogens with zero attached hydrogens (tertiary/aromatic N) is 4. The van der Waals surface area contributed by atoms with Gasteiger partial charge in [0.25, 0.3) is 0 Å². The number of rotatable bonds is 4. The monoisotopic (exact) mass is 292 g/mol. The molecule has 0 aliphatic carbocycles. The lowest BCUT2D eigenvalue weighted by Crippen LogP contribution is -2.50. The first-order valence-corrected chi connectivity index (χ1v) is 8.00. The largest absolute Gasteiger partial charge is 0.247 e. The average molecular weight is 292 g/mol. The van der Waals surface area contributed by atoms with E-state index in [-0.39, 0.29) is 6.04 Å². The third-order valence-electron chi connectivity index (χ3n) is 3.61. The highest BCUT2D eigenvalue weighted by atomic mass is 32.2. The van der Waals surface area contributed by atoms with Gasteiger partial charge in [0.15, 0.2) is 0 Å². The molecule has 0 unspecified atom stereocenters. The quantitative estimate of drug-likeness (QED) is 0.846. The van der Waals surface area contributed by atoms with E-state index in [9.17, 15) is 8.42 Å². The normalized spacial score (nSPS) is 17.1. The number of hydrogen-bond acceptors (Lipinski definition) is 4. The van der Waals surface area contributed by atoms with E-state index in [2.05, 4.69) is 10.3 Å². The van der Waals surface area contributed by atoms with Crippen LogP contribution in [0.1, 0.15) is 18.5 Å². The van der Waals surface area contributed by atoms with Crippen LogP contribution in [0, 0.1) is 0 Å². The van der Waals surface area contributed by atoms with Gasteiger partial charge >= 0.3 is 0 Å². The summed E-state index contributed by atoms with van der Waals surface area (Å²) in [6.45, 7) is 2.93. The molecular formula is C13H16N4O2S. The molecule has 1 aromatic heterocycles. The highest BCUT2D eigenvalue weighted by Gasteiger charge is 2.38. The number of sulfonamides is 1. The fourth-order valence-electron chi connectivity index (χ4n) is 2.24. The van der Waals surface area contributed by atoms with Crippen LogP contribution in [-0.4, -0.2) is 40.8 Å². The molecule has 7 heteroatoms. The van der Waals surface area contributed by atoms with Crippen molar-refractivity contribution in [3.05, 3.63) is 42.2 Å². The third kappa shape index (κ3) is 2.23. The SMILES string of the molecule is CCc1ccc(S(=O)(=O)N2CC(n3ccnn3)C2)cc1. The summed E-state index contributed by atoms with van der Waals surface area (Å²) >= 11 is 0. The Labute approximate surface area is 118 Å². The smallest absolute Gasteiger partial charge is 0.243 e. The molecule has 0 bridgehead atoms. The minimum atomic E-state index is -3.38. The van der Waals surface area contributed by atoms with Gasteiger partial charge in [-0.2, -0.15) is 4.31 Å². The van der Waals surface area contributed by atoms with Crippen LogP contribution >= 0.6 is 0 Å². The van der Waals surface area contributed by atoms with Gasteiger partial charge in [-0.05, 0) is 24.1 Å². The highest BCUT2D eigenvalue weighted by Crippen LogP contribution is 2.27. The van der Waals surface area contributed by atoms with Crippen LogP contribution in [0.5, 0.6) is 0 Å². The van der Waals surface area contributed by atoms with E-state index in [0.717, 1.165) is 12.0 Å². The summed E-state index contributed by atoms with van der Waals surface area (Å²) in [5.74, 6) is 0. The minimum Gasteiger partial charge on any atom is -0.247 e. The van der Waals surface area contributed by atoms with Crippen molar-refractivity contribution >= 4 is 10.0 Å². The first-order chi connectivity index (χ1) is 9.61. The van der Waals surface area contributed by atoms with E-state index in [1.54, 1.807) is 29.2 Å². The van der Waals surface area contributed by atoms with Crippen molar-refractivity contribution in [2.75, 3.05) is 13.1 Å². The first kappa shape index (κ1) is 13.3. The summed E-state index contributed by atoms with van der Waals surface area (Å²) in [5, 5.41) is 7.63. The molecule has 1 aliphatic heterocycles. The van der Waals surface area contributed by atoms with Gasteiger partial charge in [0.2, 0.25) is 10.0 Å². The van der Waals surface area contributed by atoms with Gasteiger partial charge in [0, 0.05) is 19.3 Å². The molecule has 0 spiro atoms. The summed E-state index contributed by atoms with van der Waals surface area (Å²) < 4.78 is 28.0. The van der Waals surface area contributed by atoms with Crippen LogP contribution in [0.4, 0.5) is 0 Å². The maximum absolute atomic E-state index is 12.4. The van der Waals surface area contributed by atoms with Gasteiger partial charge in [-0.15, -0.1) is 5.10 Å². The molecule has 6 nitrogen and oxygen atoms in total. The Bertz CT molecular complexity index is 674. The number of benzene rings is 1. The molecule has 0 radical (unpaired) electrons. The molecule has 2 heterocycles. The molecule has 1 aromatic carbocycles. The van der Waals surface area contributed by atoms with Crippen molar-refractivity contribution in [3.8, 4) is 0 Å². The van der Waals surface area contributed by atoms with Crippen molar-refractivity contribution in [3.63, 3.8) is 0 Å². The van der Waals surface area contributed by atoms with Crippen LogP contribution in [0.3, 0.4) is 0 Å². The van der Waals surface area contributed by atoms with Crippen molar-refractivity contribution in [2.24, 2.45) is 0 Å². The van der Waals surface area contributed by atoms with Crippen molar-refractivity contribution < 1.29 is 8.42 Å². The van der Waals surface area contributed by atoms with Gasteiger partial charge in [0.1, 0.15) is 0 Å². The van der Waals surface area contributed by atoms with Crippen LogP contribution < -0.4 is 0 Å². The predicted molar refractivity (Wildman–Crippen MR) is 73.6 cm³/mol. The van der Waals surface area contributed by atoms with Gasteiger partial charge in [0.05, 0.1) is 17.1 Å². The lowest BCUT2D eigenvalue weighted by molar-refractivity contribution is 0.189. The topological polar surface area (TPSA) is 68.1 Å². The molecule has 0 atom stereocenters. The zero-order valence-corrected chi connectivity index (χ0v) is 12.0. The second-order valence-corrected chi connectivity index (χ2v) is 6.79. The second-order valence-electron chi connectivity index (χ2n) is 4.86. The van der Waals surface area contributed by atoms with Crippen LogP contribution in [0.15, 0.2) is 41.6 Å². The lowest BCUT2D eigenvalue weighted by Gasteiger charge is -2.37. The standard InChI is InChI=1S/C13H16N4O2S/c1-2-11-3-5-13(6-4-11)20(18,19)16-9-12(10-16)17-8-7-14-15-17/h3-8,12H,2,9-10H2,1H3. The zero-order chi connectivity index (χ0) is 14.2. The van der Waals surface area contributed by atoms with Gasteiger partial charge in [-0.1, -0.05) is 24.3 Å². The average Bonchev–Trinajstić information content (AvgIpc) is 2.90. The molecule has 1 aliphatic rings. The summed E-state index contributed by atoms with van der Waals surface area (Å²) in [6.07, 6.45) is 4.25. The van der Waals surface area contributed by atoms with E-state index in [1.807, 2.05) is 19.1 Å². The van der Waals surface area contributed by atoms with Crippen molar-refractivity contribution in [1.82, 2.24) is 19.3 Å². The number of aromatic nitrogens is 3. The lowest BCUT2D eigenvalue weighted by atomic mass is 10.2.